The van der Waals surface area contributed by atoms with Crippen molar-refractivity contribution in [3.8, 4) is 0 Å². The number of sulfonamides is 1. The second kappa shape index (κ2) is 6.77. The minimum Gasteiger partial charge on any atom is -0.340 e. The van der Waals surface area contributed by atoms with E-state index in [2.05, 4.69) is 0 Å². The van der Waals surface area contributed by atoms with Crippen molar-refractivity contribution in [1.82, 2.24) is 9.21 Å². The van der Waals surface area contributed by atoms with Crippen LogP contribution in [0.5, 0.6) is 0 Å². The molecule has 0 aromatic heterocycles. The monoisotopic (exact) mass is 330 g/mol. The van der Waals surface area contributed by atoms with Crippen LogP contribution >= 0.6 is 11.6 Å². The number of carbonyl (C=O) groups excluding carboxylic acids is 1. The lowest BCUT2D eigenvalue weighted by atomic mass is 10.1. The van der Waals surface area contributed by atoms with Gasteiger partial charge in [-0.3, -0.25) is 4.79 Å². The maximum atomic E-state index is 12.2. The summed E-state index contributed by atoms with van der Waals surface area (Å²) in [5, 5.41) is 0.582. The summed E-state index contributed by atoms with van der Waals surface area (Å²) in [5.41, 5.74) is 0.799. The molecule has 0 spiro atoms. The van der Waals surface area contributed by atoms with Crippen molar-refractivity contribution in [2.24, 2.45) is 0 Å². The van der Waals surface area contributed by atoms with Crippen molar-refractivity contribution in [1.29, 1.82) is 0 Å². The van der Waals surface area contributed by atoms with Crippen molar-refractivity contribution in [2.75, 3.05) is 31.9 Å². The van der Waals surface area contributed by atoms with Crippen molar-refractivity contribution >= 4 is 27.5 Å². The van der Waals surface area contributed by atoms with Gasteiger partial charge in [-0.05, 0) is 18.6 Å². The maximum Gasteiger partial charge on any atom is 0.227 e. The van der Waals surface area contributed by atoms with Gasteiger partial charge in [0.1, 0.15) is 0 Å². The number of carbonyl (C=O) groups is 1. The van der Waals surface area contributed by atoms with Crippen LogP contribution in [0, 0.1) is 0 Å². The second-order valence-corrected chi connectivity index (χ2v) is 7.61. The number of nitrogens with zero attached hydrogens (tertiary/aromatic N) is 2. The van der Waals surface area contributed by atoms with Crippen LogP contribution in [0.25, 0.3) is 0 Å². The first-order valence-electron chi connectivity index (χ1n) is 6.93. The standard InChI is InChI=1S/C14H19ClN2O3S/c1-2-21(19,20)17-9-7-16(8-10-17)14(18)11-12-5-3-4-6-13(12)15/h3-6H,2,7-11H2,1H3. The third-order valence-corrected chi connectivity index (χ3v) is 5.90. The van der Waals surface area contributed by atoms with Gasteiger partial charge in [0.2, 0.25) is 15.9 Å². The highest BCUT2D eigenvalue weighted by Gasteiger charge is 2.27. The zero-order chi connectivity index (χ0) is 15.5. The summed E-state index contributed by atoms with van der Waals surface area (Å²) in [7, 11) is -3.16. The van der Waals surface area contributed by atoms with Gasteiger partial charge >= 0.3 is 0 Å². The highest BCUT2D eigenvalue weighted by Crippen LogP contribution is 2.17. The van der Waals surface area contributed by atoms with Gasteiger partial charge < -0.3 is 4.90 Å². The zero-order valence-corrected chi connectivity index (χ0v) is 13.5. The van der Waals surface area contributed by atoms with Crippen LogP contribution in [0.2, 0.25) is 5.02 Å². The molecule has 0 aliphatic carbocycles. The number of rotatable bonds is 4. The molecule has 116 valence electrons. The minimum absolute atomic E-state index is 0.0170. The summed E-state index contributed by atoms with van der Waals surface area (Å²) >= 11 is 6.05. The highest BCUT2D eigenvalue weighted by atomic mass is 35.5. The van der Waals surface area contributed by atoms with Crippen LogP contribution < -0.4 is 0 Å². The summed E-state index contributed by atoms with van der Waals surface area (Å²) in [5.74, 6) is 0.0808. The van der Waals surface area contributed by atoms with E-state index in [1.807, 2.05) is 18.2 Å². The molecule has 1 aromatic rings. The van der Waals surface area contributed by atoms with Crippen molar-refractivity contribution in [3.05, 3.63) is 34.9 Å². The number of amides is 1. The molecule has 0 bridgehead atoms. The van der Waals surface area contributed by atoms with Crippen LogP contribution in [0.3, 0.4) is 0 Å². The molecule has 0 saturated carbocycles. The Morgan fingerprint density at radius 2 is 1.81 bits per heavy atom. The first-order valence-corrected chi connectivity index (χ1v) is 8.91. The smallest absolute Gasteiger partial charge is 0.227 e. The Bertz CT molecular complexity index is 610. The Hall–Kier alpha value is -1.11. The molecular formula is C14H19ClN2O3S. The van der Waals surface area contributed by atoms with Crippen molar-refractivity contribution in [2.45, 2.75) is 13.3 Å². The molecule has 2 rings (SSSR count). The molecule has 1 aliphatic rings. The largest absolute Gasteiger partial charge is 0.340 e. The molecule has 1 heterocycles. The second-order valence-electron chi connectivity index (χ2n) is 4.95. The molecule has 0 radical (unpaired) electrons. The SMILES string of the molecule is CCS(=O)(=O)N1CCN(C(=O)Cc2ccccc2Cl)CC1. The summed E-state index contributed by atoms with van der Waals surface area (Å²) < 4.78 is 25.0. The fraction of sp³-hybridized carbons (Fsp3) is 0.500. The molecule has 1 saturated heterocycles. The van der Waals surface area contributed by atoms with Crippen LogP contribution in [0.15, 0.2) is 24.3 Å². The lowest BCUT2D eigenvalue weighted by Crippen LogP contribution is -2.51. The average Bonchev–Trinajstić information content (AvgIpc) is 2.49. The lowest BCUT2D eigenvalue weighted by Gasteiger charge is -2.34. The molecule has 5 nitrogen and oxygen atoms in total. The molecular weight excluding hydrogens is 312 g/mol. The normalized spacial score (nSPS) is 17.0. The van der Waals surface area contributed by atoms with Gasteiger partial charge in [0, 0.05) is 31.2 Å². The summed E-state index contributed by atoms with van der Waals surface area (Å²) in [4.78, 5) is 13.9. The molecule has 0 N–H and O–H groups in total. The van der Waals surface area contributed by atoms with E-state index in [1.54, 1.807) is 17.9 Å². The van der Waals surface area contributed by atoms with Gasteiger partial charge in [0.25, 0.3) is 0 Å². The van der Waals surface area contributed by atoms with E-state index in [-0.39, 0.29) is 18.1 Å². The molecule has 7 heteroatoms. The highest BCUT2D eigenvalue weighted by molar-refractivity contribution is 7.89. The van der Waals surface area contributed by atoms with Gasteiger partial charge in [-0.25, -0.2) is 8.42 Å². The van der Waals surface area contributed by atoms with E-state index in [0.717, 1.165) is 5.56 Å². The molecule has 1 amide bonds. The third-order valence-electron chi connectivity index (χ3n) is 3.65. The van der Waals surface area contributed by atoms with Gasteiger partial charge in [0.15, 0.2) is 0 Å². The van der Waals surface area contributed by atoms with Crippen LogP contribution in [-0.2, 0) is 21.2 Å². The van der Waals surface area contributed by atoms with Crippen LogP contribution in [0.4, 0.5) is 0 Å². The average molecular weight is 331 g/mol. The molecule has 1 fully saturated rings. The van der Waals surface area contributed by atoms with Crippen LogP contribution in [-0.4, -0.2) is 55.5 Å². The number of benzene rings is 1. The Kier molecular flexibility index (Phi) is 5.24. The molecule has 0 atom stereocenters. The van der Waals surface area contributed by atoms with Gasteiger partial charge in [-0.15, -0.1) is 0 Å². The Morgan fingerprint density at radius 1 is 1.19 bits per heavy atom. The predicted octanol–water partition coefficient (Wildman–Crippen LogP) is 1.38. The quantitative estimate of drug-likeness (QED) is 0.838. The first-order chi connectivity index (χ1) is 9.94. The van der Waals surface area contributed by atoms with Gasteiger partial charge in [0.05, 0.1) is 12.2 Å². The fourth-order valence-corrected chi connectivity index (χ4v) is 3.60. The van der Waals surface area contributed by atoms with Gasteiger partial charge in [-0.2, -0.15) is 4.31 Å². The summed E-state index contributed by atoms with van der Waals surface area (Å²) in [6.07, 6.45) is 0.250. The minimum atomic E-state index is -3.16. The summed E-state index contributed by atoms with van der Waals surface area (Å²) in [6, 6.07) is 7.26. The summed E-state index contributed by atoms with van der Waals surface area (Å²) in [6.45, 7) is 3.23. The third kappa shape index (κ3) is 3.96. The molecule has 21 heavy (non-hydrogen) atoms. The number of hydrogen-bond acceptors (Lipinski definition) is 3. The number of hydrogen-bond donors (Lipinski definition) is 0. The van der Waals surface area contributed by atoms with E-state index in [1.165, 1.54) is 4.31 Å². The van der Waals surface area contributed by atoms with E-state index in [4.69, 9.17) is 11.6 Å². The Labute approximate surface area is 130 Å². The predicted molar refractivity (Wildman–Crippen MR) is 82.8 cm³/mol. The van der Waals surface area contributed by atoms with E-state index in [0.29, 0.717) is 31.2 Å². The maximum absolute atomic E-state index is 12.2. The molecule has 1 aromatic carbocycles. The van der Waals surface area contributed by atoms with E-state index < -0.39 is 10.0 Å². The molecule has 1 aliphatic heterocycles. The lowest BCUT2D eigenvalue weighted by molar-refractivity contribution is -0.131. The Morgan fingerprint density at radius 3 is 2.38 bits per heavy atom. The van der Waals surface area contributed by atoms with Crippen molar-refractivity contribution in [3.63, 3.8) is 0 Å². The molecule has 0 unspecified atom stereocenters. The zero-order valence-electron chi connectivity index (χ0n) is 12.0. The first kappa shape index (κ1) is 16.3. The van der Waals surface area contributed by atoms with Crippen molar-refractivity contribution < 1.29 is 13.2 Å². The fourth-order valence-electron chi connectivity index (χ4n) is 2.31. The topological polar surface area (TPSA) is 57.7 Å². The van der Waals surface area contributed by atoms with E-state index >= 15 is 0 Å². The Balaban J connectivity index is 1.94. The van der Waals surface area contributed by atoms with Crippen LogP contribution in [0.1, 0.15) is 12.5 Å². The number of halogens is 1. The number of piperazine rings is 1. The van der Waals surface area contributed by atoms with Gasteiger partial charge in [-0.1, -0.05) is 29.8 Å². The van der Waals surface area contributed by atoms with E-state index in [9.17, 15) is 13.2 Å².